The number of alkyl halides is 2. The van der Waals surface area contributed by atoms with Crippen molar-refractivity contribution >= 4 is 11.3 Å². The fourth-order valence-corrected chi connectivity index (χ4v) is 3.61. The maximum absolute atomic E-state index is 12.7. The monoisotopic (exact) mass is 243 g/mol. The van der Waals surface area contributed by atoms with E-state index in [4.69, 9.17) is 0 Å². The second kappa shape index (κ2) is 3.77. The van der Waals surface area contributed by atoms with Crippen LogP contribution in [0.1, 0.15) is 30.4 Å². The molecule has 1 atom stereocenters. The lowest BCUT2D eigenvalue weighted by atomic mass is 9.85. The Morgan fingerprint density at radius 3 is 2.69 bits per heavy atom. The fraction of sp³-hybridized carbons (Fsp3) is 0.667. The van der Waals surface area contributed by atoms with Gasteiger partial charge in [0.2, 0.25) is 0 Å². The molecule has 0 spiro atoms. The summed E-state index contributed by atoms with van der Waals surface area (Å²) in [6.45, 7) is 0. The van der Waals surface area contributed by atoms with Gasteiger partial charge in [-0.1, -0.05) is 0 Å². The van der Waals surface area contributed by atoms with E-state index < -0.39 is 5.92 Å². The minimum Gasteiger partial charge on any atom is -0.310 e. The molecular weight excluding hydrogens is 228 g/mol. The molecule has 1 aromatic rings. The van der Waals surface area contributed by atoms with Gasteiger partial charge in [-0.05, 0) is 41.1 Å². The predicted molar refractivity (Wildman–Crippen MR) is 61.2 cm³/mol. The Balaban J connectivity index is 1.55. The van der Waals surface area contributed by atoms with Crippen LogP contribution >= 0.6 is 11.3 Å². The van der Waals surface area contributed by atoms with E-state index in [1.807, 2.05) is 0 Å². The molecule has 1 heterocycles. The normalized spacial score (nSPS) is 28.5. The summed E-state index contributed by atoms with van der Waals surface area (Å²) in [6.07, 6.45) is 3.26. The zero-order valence-corrected chi connectivity index (χ0v) is 9.83. The lowest BCUT2D eigenvalue weighted by molar-refractivity contribution is -0.0949. The van der Waals surface area contributed by atoms with Gasteiger partial charge in [-0.25, -0.2) is 8.78 Å². The molecule has 0 aliphatic heterocycles. The lowest BCUT2D eigenvalue weighted by Gasteiger charge is -2.39. The zero-order chi connectivity index (χ0) is 11.2. The second-order valence-corrected chi connectivity index (χ2v) is 5.73. The number of hydrogen-bond donors (Lipinski definition) is 1. The highest BCUT2D eigenvalue weighted by atomic mass is 32.1. The Kier molecular flexibility index (Phi) is 2.51. The first-order chi connectivity index (χ1) is 7.62. The van der Waals surface area contributed by atoms with Gasteiger partial charge in [0.1, 0.15) is 0 Å². The fourth-order valence-electron chi connectivity index (χ4n) is 2.70. The van der Waals surface area contributed by atoms with Crippen LogP contribution in [0.5, 0.6) is 0 Å². The highest BCUT2D eigenvalue weighted by molar-refractivity contribution is 7.08. The van der Waals surface area contributed by atoms with Crippen LogP contribution in [-0.2, 0) is 12.8 Å². The van der Waals surface area contributed by atoms with E-state index in [9.17, 15) is 8.78 Å². The van der Waals surface area contributed by atoms with Crippen molar-refractivity contribution < 1.29 is 8.78 Å². The van der Waals surface area contributed by atoms with Crippen LogP contribution in [0.3, 0.4) is 0 Å². The predicted octanol–water partition coefficient (Wildman–Crippen LogP) is 2.99. The SMILES string of the molecule is FC1(F)CC(NC2CCc3cscc3C2)C1. The smallest absolute Gasteiger partial charge is 0.251 e. The topological polar surface area (TPSA) is 12.0 Å². The van der Waals surface area contributed by atoms with Gasteiger partial charge in [-0.15, -0.1) is 0 Å². The molecule has 0 saturated heterocycles. The zero-order valence-electron chi connectivity index (χ0n) is 9.01. The van der Waals surface area contributed by atoms with E-state index in [0.717, 1.165) is 19.3 Å². The summed E-state index contributed by atoms with van der Waals surface area (Å²) in [4.78, 5) is 0. The number of thiophene rings is 1. The molecule has 1 nitrogen and oxygen atoms in total. The van der Waals surface area contributed by atoms with Crippen molar-refractivity contribution in [3.05, 3.63) is 21.9 Å². The van der Waals surface area contributed by atoms with Crippen LogP contribution in [0, 0.1) is 0 Å². The van der Waals surface area contributed by atoms with Gasteiger partial charge in [0.15, 0.2) is 0 Å². The van der Waals surface area contributed by atoms with Crippen LogP contribution in [0.4, 0.5) is 8.78 Å². The second-order valence-electron chi connectivity index (χ2n) is 4.99. The molecule has 2 aliphatic rings. The minimum absolute atomic E-state index is 0.0278. The van der Waals surface area contributed by atoms with Crippen molar-refractivity contribution in [2.75, 3.05) is 0 Å². The summed E-state index contributed by atoms with van der Waals surface area (Å²) < 4.78 is 25.4. The summed E-state index contributed by atoms with van der Waals surface area (Å²) in [5.74, 6) is -2.40. The molecule has 0 aromatic carbocycles. The summed E-state index contributed by atoms with van der Waals surface area (Å²) in [5.41, 5.74) is 2.88. The Labute approximate surface area is 97.9 Å². The molecule has 3 rings (SSSR count). The largest absolute Gasteiger partial charge is 0.310 e. The van der Waals surface area contributed by atoms with Gasteiger partial charge in [0, 0.05) is 24.9 Å². The summed E-state index contributed by atoms with van der Waals surface area (Å²) in [5, 5.41) is 7.77. The van der Waals surface area contributed by atoms with Crippen LogP contribution in [0.15, 0.2) is 10.8 Å². The number of rotatable bonds is 2. The number of fused-ring (bicyclic) bond motifs is 1. The molecule has 1 fully saturated rings. The van der Waals surface area contributed by atoms with Crippen LogP contribution in [0.25, 0.3) is 0 Å². The molecular formula is C12H15F2NS. The highest BCUT2D eigenvalue weighted by Crippen LogP contribution is 2.38. The van der Waals surface area contributed by atoms with E-state index in [2.05, 4.69) is 16.1 Å². The van der Waals surface area contributed by atoms with Crippen molar-refractivity contribution in [2.45, 2.75) is 50.1 Å². The molecule has 1 saturated carbocycles. The Bertz CT molecular complexity index is 380. The van der Waals surface area contributed by atoms with E-state index in [1.165, 1.54) is 11.1 Å². The third-order valence-corrected chi connectivity index (χ3v) is 4.46. The molecule has 1 unspecified atom stereocenters. The van der Waals surface area contributed by atoms with E-state index in [1.54, 1.807) is 11.3 Å². The molecule has 1 N–H and O–H groups in total. The quantitative estimate of drug-likeness (QED) is 0.842. The van der Waals surface area contributed by atoms with Gasteiger partial charge >= 0.3 is 0 Å². The minimum atomic E-state index is -2.40. The first-order valence-corrected chi connectivity index (χ1v) is 6.74. The molecule has 88 valence electrons. The Morgan fingerprint density at radius 1 is 1.19 bits per heavy atom. The van der Waals surface area contributed by atoms with Crippen molar-refractivity contribution in [1.29, 1.82) is 0 Å². The van der Waals surface area contributed by atoms with Crippen LogP contribution in [0.2, 0.25) is 0 Å². The molecule has 2 aliphatic carbocycles. The Morgan fingerprint density at radius 2 is 1.94 bits per heavy atom. The van der Waals surface area contributed by atoms with Crippen LogP contribution in [-0.4, -0.2) is 18.0 Å². The number of nitrogens with one attached hydrogen (secondary N) is 1. The van der Waals surface area contributed by atoms with Crippen molar-refractivity contribution in [1.82, 2.24) is 5.32 Å². The van der Waals surface area contributed by atoms with Crippen molar-refractivity contribution in [2.24, 2.45) is 0 Å². The van der Waals surface area contributed by atoms with Crippen molar-refractivity contribution in [3.8, 4) is 0 Å². The number of halogens is 2. The first-order valence-electron chi connectivity index (χ1n) is 5.80. The van der Waals surface area contributed by atoms with E-state index in [-0.39, 0.29) is 18.9 Å². The van der Waals surface area contributed by atoms with Gasteiger partial charge < -0.3 is 5.32 Å². The molecule has 1 aromatic heterocycles. The standard InChI is InChI=1S/C12H15F2NS/c13-12(14)4-11(5-12)15-10-2-1-8-6-16-7-9(8)3-10/h6-7,10-11,15H,1-5H2. The van der Waals surface area contributed by atoms with Crippen molar-refractivity contribution in [3.63, 3.8) is 0 Å². The molecule has 0 amide bonds. The van der Waals surface area contributed by atoms with Crippen LogP contribution < -0.4 is 5.32 Å². The Hall–Kier alpha value is -0.480. The van der Waals surface area contributed by atoms with Gasteiger partial charge in [-0.2, -0.15) is 11.3 Å². The average Bonchev–Trinajstić information content (AvgIpc) is 2.61. The number of hydrogen-bond acceptors (Lipinski definition) is 2. The summed E-state index contributed by atoms with van der Waals surface area (Å²) in [6, 6.07) is 0.448. The third kappa shape index (κ3) is 2.00. The van der Waals surface area contributed by atoms with Gasteiger partial charge in [0.05, 0.1) is 0 Å². The maximum Gasteiger partial charge on any atom is 0.251 e. The number of aryl methyl sites for hydroxylation is 1. The summed E-state index contributed by atoms with van der Waals surface area (Å²) in [7, 11) is 0. The van der Waals surface area contributed by atoms with Gasteiger partial charge in [0.25, 0.3) is 5.92 Å². The van der Waals surface area contributed by atoms with Gasteiger partial charge in [-0.3, -0.25) is 0 Å². The van der Waals surface area contributed by atoms with E-state index >= 15 is 0 Å². The average molecular weight is 243 g/mol. The third-order valence-electron chi connectivity index (χ3n) is 3.62. The molecule has 16 heavy (non-hydrogen) atoms. The summed E-state index contributed by atoms with van der Waals surface area (Å²) >= 11 is 1.75. The lowest BCUT2D eigenvalue weighted by Crippen LogP contribution is -2.52. The van der Waals surface area contributed by atoms with E-state index in [0.29, 0.717) is 6.04 Å². The molecule has 4 heteroatoms. The highest BCUT2D eigenvalue weighted by Gasteiger charge is 2.45. The maximum atomic E-state index is 12.7. The molecule has 0 bridgehead atoms. The molecule has 0 radical (unpaired) electrons. The first kappa shape index (κ1) is 10.7.